The molecule has 1 aromatic heterocycles. The number of fused-ring (bicyclic) bond motifs is 1. The van der Waals surface area contributed by atoms with E-state index in [1.54, 1.807) is 18.2 Å². The molecule has 0 saturated carbocycles. The molecule has 1 heterocycles. The Morgan fingerprint density at radius 1 is 1.13 bits per heavy atom. The fraction of sp³-hybridized carbons (Fsp3) is 0.100. The molecular weight excluding hydrogens is 235 g/mol. The smallest absolute Gasteiger partial charge is 0.167 e. The second kappa shape index (κ2) is 3.76. The maximum absolute atomic E-state index is 11.1. The van der Waals surface area contributed by atoms with Gasteiger partial charge in [-0.1, -0.05) is 23.2 Å². The monoisotopic (exact) mass is 240 g/mol. The molecule has 0 bridgehead atoms. The first kappa shape index (κ1) is 10.3. The van der Waals surface area contributed by atoms with Gasteiger partial charge in [0.25, 0.3) is 0 Å². The molecule has 0 aliphatic rings. The molecule has 0 N–H and O–H groups in total. The maximum Gasteiger partial charge on any atom is 0.167 e. The molecule has 76 valence electrons. The van der Waals surface area contributed by atoms with E-state index >= 15 is 0 Å². The van der Waals surface area contributed by atoms with E-state index in [0.29, 0.717) is 16.6 Å². The average Bonchev–Trinajstić information content (AvgIpc) is 2.19. The molecule has 0 atom stereocenters. The lowest BCUT2D eigenvalue weighted by atomic mass is 10.1. The van der Waals surface area contributed by atoms with Crippen molar-refractivity contribution in [2.75, 3.05) is 0 Å². The van der Waals surface area contributed by atoms with E-state index in [4.69, 9.17) is 23.2 Å². The van der Waals surface area contributed by atoms with E-state index < -0.39 is 0 Å². The van der Waals surface area contributed by atoms with E-state index in [-0.39, 0.29) is 16.1 Å². The van der Waals surface area contributed by atoms with Crippen molar-refractivity contribution in [2.24, 2.45) is 0 Å². The van der Waals surface area contributed by atoms with Crippen LogP contribution in [0.2, 0.25) is 10.3 Å². The van der Waals surface area contributed by atoms with Crippen molar-refractivity contribution in [3.8, 4) is 0 Å². The largest absolute Gasteiger partial charge is 0.295 e. The van der Waals surface area contributed by atoms with Crippen LogP contribution in [0.25, 0.3) is 11.0 Å². The van der Waals surface area contributed by atoms with Gasteiger partial charge in [0, 0.05) is 5.56 Å². The number of benzene rings is 1. The summed E-state index contributed by atoms with van der Waals surface area (Å²) in [5, 5.41) is 0.310. The Labute approximate surface area is 96.1 Å². The predicted molar refractivity (Wildman–Crippen MR) is 59.6 cm³/mol. The first-order valence-electron chi connectivity index (χ1n) is 4.21. The molecule has 2 aromatic rings. The van der Waals surface area contributed by atoms with Gasteiger partial charge in [0.2, 0.25) is 0 Å². The van der Waals surface area contributed by atoms with Crippen molar-refractivity contribution >= 4 is 40.0 Å². The summed E-state index contributed by atoms with van der Waals surface area (Å²) in [5.74, 6) is -0.0234. The van der Waals surface area contributed by atoms with Gasteiger partial charge in [0.15, 0.2) is 16.1 Å². The Kier molecular flexibility index (Phi) is 2.59. The van der Waals surface area contributed by atoms with Gasteiger partial charge in [0.05, 0.1) is 11.0 Å². The molecule has 0 aliphatic heterocycles. The molecule has 2 rings (SSSR count). The highest BCUT2D eigenvalue weighted by molar-refractivity contribution is 6.40. The highest BCUT2D eigenvalue weighted by atomic mass is 35.5. The number of nitrogens with zero attached hydrogens (tertiary/aromatic N) is 2. The number of ketones is 1. The minimum absolute atomic E-state index is 0.0234. The summed E-state index contributed by atoms with van der Waals surface area (Å²) in [6.07, 6.45) is 0. The lowest BCUT2D eigenvalue weighted by Gasteiger charge is -2.01. The van der Waals surface area contributed by atoms with Crippen molar-refractivity contribution < 1.29 is 4.79 Å². The lowest BCUT2D eigenvalue weighted by Crippen LogP contribution is -1.94. The van der Waals surface area contributed by atoms with Gasteiger partial charge in [-0.25, -0.2) is 9.97 Å². The number of carbonyl (C=O) groups is 1. The van der Waals surface area contributed by atoms with Crippen LogP contribution in [0.4, 0.5) is 0 Å². The molecule has 1 aromatic carbocycles. The van der Waals surface area contributed by atoms with Gasteiger partial charge in [-0.2, -0.15) is 0 Å². The molecule has 0 radical (unpaired) electrons. The Morgan fingerprint density at radius 2 is 1.73 bits per heavy atom. The predicted octanol–water partition coefficient (Wildman–Crippen LogP) is 3.14. The third-order valence-electron chi connectivity index (χ3n) is 1.99. The SMILES string of the molecule is CC(=O)c1ccc2nc(Cl)c(Cl)nc2c1. The van der Waals surface area contributed by atoms with Crippen LogP contribution in [0.1, 0.15) is 17.3 Å². The Morgan fingerprint density at radius 3 is 2.33 bits per heavy atom. The summed E-state index contributed by atoms with van der Waals surface area (Å²) in [6, 6.07) is 5.03. The number of Topliss-reactive ketones (excluding diaryl/α,β-unsaturated/α-hetero) is 1. The van der Waals surface area contributed by atoms with E-state index in [0.717, 1.165) is 0 Å². The molecule has 5 heteroatoms. The number of rotatable bonds is 1. The fourth-order valence-corrected chi connectivity index (χ4v) is 1.50. The third kappa shape index (κ3) is 1.94. The normalized spacial score (nSPS) is 10.6. The topological polar surface area (TPSA) is 42.9 Å². The van der Waals surface area contributed by atoms with Crippen LogP contribution >= 0.6 is 23.2 Å². The molecule has 0 unspecified atom stereocenters. The van der Waals surface area contributed by atoms with Gasteiger partial charge < -0.3 is 0 Å². The molecule has 0 saturated heterocycles. The van der Waals surface area contributed by atoms with Crippen LogP contribution in [0.3, 0.4) is 0 Å². The zero-order chi connectivity index (χ0) is 11.0. The Balaban J connectivity index is 2.72. The molecule has 0 spiro atoms. The van der Waals surface area contributed by atoms with E-state index in [2.05, 4.69) is 9.97 Å². The fourth-order valence-electron chi connectivity index (χ4n) is 1.23. The van der Waals surface area contributed by atoms with Crippen molar-refractivity contribution in [3.05, 3.63) is 34.1 Å². The highest BCUT2D eigenvalue weighted by Gasteiger charge is 2.06. The number of carbonyl (C=O) groups excluding carboxylic acids is 1. The molecule has 3 nitrogen and oxygen atoms in total. The molecular formula is C10H6Cl2N2O. The van der Waals surface area contributed by atoms with Gasteiger partial charge in [0.1, 0.15) is 0 Å². The van der Waals surface area contributed by atoms with Crippen LogP contribution in [0.15, 0.2) is 18.2 Å². The zero-order valence-corrected chi connectivity index (χ0v) is 9.30. The molecule has 0 aliphatic carbocycles. The Bertz CT molecular complexity index is 554. The summed E-state index contributed by atoms with van der Waals surface area (Å²) in [5.41, 5.74) is 1.77. The third-order valence-corrected chi connectivity index (χ3v) is 2.61. The van der Waals surface area contributed by atoms with Crippen molar-refractivity contribution in [2.45, 2.75) is 6.92 Å². The number of hydrogen-bond acceptors (Lipinski definition) is 3. The molecule has 15 heavy (non-hydrogen) atoms. The second-order valence-electron chi connectivity index (χ2n) is 3.06. The second-order valence-corrected chi connectivity index (χ2v) is 3.78. The number of hydrogen-bond donors (Lipinski definition) is 0. The Hall–Kier alpha value is -1.19. The highest BCUT2D eigenvalue weighted by Crippen LogP contribution is 2.21. The van der Waals surface area contributed by atoms with Gasteiger partial charge in [-0.05, 0) is 25.1 Å². The van der Waals surface area contributed by atoms with Crippen molar-refractivity contribution in [1.82, 2.24) is 9.97 Å². The van der Waals surface area contributed by atoms with Crippen LogP contribution in [-0.4, -0.2) is 15.8 Å². The summed E-state index contributed by atoms with van der Waals surface area (Å²) in [4.78, 5) is 19.2. The van der Waals surface area contributed by atoms with Gasteiger partial charge in [-0.3, -0.25) is 4.79 Å². The van der Waals surface area contributed by atoms with E-state index in [1.807, 2.05) is 0 Å². The lowest BCUT2D eigenvalue weighted by molar-refractivity contribution is 0.101. The molecule has 0 fully saturated rings. The first-order chi connectivity index (χ1) is 7.08. The minimum Gasteiger partial charge on any atom is -0.295 e. The van der Waals surface area contributed by atoms with Crippen LogP contribution in [-0.2, 0) is 0 Å². The maximum atomic E-state index is 11.1. The first-order valence-corrected chi connectivity index (χ1v) is 4.97. The van der Waals surface area contributed by atoms with Crippen LogP contribution in [0.5, 0.6) is 0 Å². The van der Waals surface area contributed by atoms with Crippen LogP contribution in [0, 0.1) is 0 Å². The van der Waals surface area contributed by atoms with Crippen molar-refractivity contribution in [3.63, 3.8) is 0 Å². The summed E-state index contributed by atoms with van der Waals surface area (Å²) < 4.78 is 0. The summed E-state index contributed by atoms with van der Waals surface area (Å²) in [6.45, 7) is 1.49. The van der Waals surface area contributed by atoms with Gasteiger partial charge >= 0.3 is 0 Å². The van der Waals surface area contributed by atoms with Crippen LogP contribution < -0.4 is 0 Å². The minimum atomic E-state index is -0.0234. The van der Waals surface area contributed by atoms with Crippen molar-refractivity contribution in [1.29, 1.82) is 0 Å². The average molecular weight is 241 g/mol. The number of halogens is 2. The quantitative estimate of drug-likeness (QED) is 0.720. The number of aromatic nitrogens is 2. The standard InChI is InChI=1S/C10H6Cl2N2O/c1-5(15)6-2-3-7-8(4-6)14-10(12)9(11)13-7/h2-4H,1H3. The van der Waals surface area contributed by atoms with E-state index in [1.165, 1.54) is 6.92 Å². The van der Waals surface area contributed by atoms with E-state index in [9.17, 15) is 4.79 Å². The van der Waals surface area contributed by atoms with Gasteiger partial charge in [-0.15, -0.1) is 0 Å². The molecule has 0 amide bonds. The zero-order valence-electron chi connectivity index (χ0n) is 7.79. The summed E-state index contributed by atoms with van der Waals surface area (Å²) in [7, 11) is 0. The summed E-state index contributed by atoms with van der Waals surface area (Å²) >= 11 is 11.4.